The molecular formula is C56H68. The summed E-state index contributed by atoms with van der Waals surface area (Å²) in [4.78, 5) is 0. The van der Waals surface area contributed by atoms with E-state index < -0.39 is 0 Å². The second-order valence-electron chi connectivity index (χ2n) is 20.7. The Morgan fingerprint density at radius 2 is 1.25 bits per heavy atom. The molecule has 0 N–H and O–H groups in total. The molecular weight excluding hydrogens is 673 g/mol. The van der Waals surface area contributed by atoms with Crippen LogP contribution in [-0.4, -0.2) is 0 Å². The van der Waals surface area contributed by atoms with E-state index in [4.69, 9.17) is 0 Å². The highest BCUT2D eigenvalue weighted by atomic mass is 14.6. The van der Waals surface area contributed by atoms with Crippen molar-refractivity contribution in [3.63, 3.8) is 0 Å². The average molecular weight is 741 g/mol. The van der Waals surface area contributed by atoms with Crippen molar-refractivity contribution in [2.45, 2.75) is 156 Å². The zero-order chi connectivity index (χ0) is 39.5. The standard InChI is InChI=1S/C56H68/c1-12-34(13-2)37-31-42(35(14-3)15-4)48(36-23-17-16-18-24-36)56(33-37)45-30-29-41-50(55(10,11)51-40-27-21-22-28-44(40)54(8,9)52(41)51)47(45)43-32-46(53(5,6)7)38-25-19-20-26-39(38)49(43)56/h19-22,25-36,48H,12-18,23-24H2,1-11H3. The summed E-state index contributed by atoms with van der Waals surface area (Å²) < 4.78 is 0. The van der Waals surface area contributed by atoms with Gasteiger partial charge in [-0.2, -0.15) is 0 Å². The lowest BCUT2D eigenvalue weighted by molar-refractivity contribution is 0.210. The molecule has 1 saturated carbocycles. The molecule has 1 spiro atoms. The van der Waals surface area contributed by atoms with Crippen LogP contribution >= 0.6 is 0 Å². The first-order valence-electron chi connectivity index (χ1n) is 22.8. The monoisotopic (exact) mass is 741 g/mol. The van der Waals surface area contributed by atoms with Crippen molar-refractivity contribution in [1.82, 2.24) is 0 Å². The van der Waals surface area contributed by atoms with E-state index in [1.54, 1.807) is 44.5 Å². The number of hydrogen-bond acceptors (Lipinski definition) is 0. The number of allylic oxidation sites excluding steroid dienone is 6. The fraction of sp³-hybridized carbons (Fsp3) is 0.500. The number of rotatable bonds is 7. The van der Waals surface area contributed by atoms with Gasteiger partial charge in [0.05, 0.1) is 0 Å². The normalized spacial score (nSPS) is 23.4. The lowest BCUT2D eigenvalue weighted by atomic mass is 9.53. The lowest BCUT2D eigenvalue weighted by Gasteiger charge is -2.50. The van der Waals surface area contributed by atoms with Crippen molar-refractivity contribution in [3.05, 3.63) is 129 Å². The summed E-state index contributed by atoms with van der Waals surface area (Å²) in [5.41, 5.74) is 20.0. The second kappa shape index (κ2) is 13.2. The van der Waals surface area contributed by atoms with E-state index in [1.165, 1.54) is 96.4 Å². The van der Waals surface area contributed by atoms with Gasteiger partial charge in [-0.25, -0.2) is 0 Å². The lowest BCUT2D eigenvalue weighted by Crippen LogP contribution is -2.43. The van der Waals surface area contributed by atoms with Gasteiger partial charge in [-0.1, -0.05) is 174 Å². The third-order valence-electron chi connectivity index (χ3n) is 16.1. The summed E-state index contributed by atoms with van der Waals surface area (Å²) in [5.74, 6) is 2.28. The van der Waals surface area contributed by atoms with Crippen molar-refractivity contribution in [2.75, 3.05) is 0 Å². The van der Waals surface area contributed by atoms with Crippen LogP contribution in [0.1, 0.15) is 173 Å². The maximum absolute atomic E-state index is 2.93. The van der Waals surface area contributed by atoms with Crippen LogP contribution in [0.15, 0.2) is 90.0 Å². The molecule has 0 amide bonds. The fourth-order valence-corrected chi connectivity index (χ4v) is 13.6. The first-order valence-corrected chi connectivity index (χ1v) is 22.8. The number of benzene rings is 4. The van der Waals surface area contributed by atoms with E-state index in [0.717, 1.165) is 0 Å². The van der Waals surface area contributed by atoms with E-state index in [9.17, 15) is 0 Å². The van der Waals surface area contributed by atoms with Crippen molar-refractivity contribution in [2.24, 2.45) is 23.7 Å². The van der Waals surface area contributed by atoms with Gasteiger partial charge >= 0.3 is 0 Å². The highest BCUT2D eigenvalue weighted by Gasteiger charge is 2.58. The molecule has 9 rings (SSSR count). The molecule has 0 aliphatic heterocycles. The molecule has 0 bridgehead atoms. The summed E-state index contributed by atoms with van der Waals surface area (Å²) >= 11 is 0. The van der Waals surface area contributed by atoms with Crippen molar-refractivity contribution < 1.29 is 0 Å². The molecule has 292 valence electrons. The van der Waals surface area contributed by atoms with Gasteiger partial charge < -0.3 is 0 Å². The maximum atomic E-state index is 2.93. The van der Waals surface area contributed by atoms with Gasteiger partial charge in [0.2, 0.25) is 0 Å². The summed E-state index contributed by atoms with van der Waals surface area (Å²) in [6.45, 7) is 27.2. The molecule has 0 aromatic heterocycles. The molecule has 0 nitrogen and oxygen atoms in total. The average Bonchev–Trinajstić information content (AvgIpc) is 3.71. The first kappa shape index (κ1) is 37.9. The topological polar surface area (TPSA) is 0 Å². The van der Waals surface area contributed by atoms with Gasteiger partial charge in [-0.05, 0) is 145 Å². The third kappa shape index (κ3) is 5.02. The summed E-state index contributed by atoms with van der Waals surface area (Å²) in [6.07, 6.45) is 17.3. The Bertz CT molecular complexity index is 2330. The van der Waals surface area contributed by atoms with E-state index in [2.05, 4.69) is 155 Å². The minimum atomic E-state index is -0.223. The van der Waals surface area contributed by atoms with Gasteiger partial charge in [-0.15, -0.1) is 0 Å². The van der Waals surface area contributed by atoms with E-state index in [1.807, 2.05) is 0 Å². The first-order chi connectivity index (χ1) is 26.8. The van der Waals surface area contributed by atoms with Gasteiger partial charge in [0, 0.05) is 22.2 Å². The minimum absolute atomic E-state index is 0.00535. The Hall–Kier alpha value is -3.64. The Morgan fingerprint density at radius 3 is 1.91 bits per heavy atom. The molecule has 0 radical (unpaired) electrons. The van der Waals surface area contributed by atoms with Crippen molar-refractivity contribution >= 4 is 21.9 Å². The number of fused-ring (bicyclic) bond motifs is 12. The Balaban J connectivity index is 1.47. The van der Waals surface area contributed by atoms with Gasteiger partial charge in [0.25, 0.3) is 0 Å². The Morgan fingerprint density at radius 1 is 0.625 bits per heavy atom. The SMILES string of the molecule is CCC(CC)C1=CC2(c3ccc4c(c3-c3cc(C(C)(C)C)c5ccccc5c32)C(C)(C)C2=C4C(C)(C)c3ccccc32)C(C2CCCCC2)C(C(CC)CC)=C1. The quantitative estimate of drug-likeness (QED) is 0.177. The Labute approximate surface area is 340 Å². The van der Waals surface area contributed by atoms with Crippen LogP contribution in [0.2, 0.25) is 0 Å². The molecule has 56 heavy (non-hydrogen) atoms. The highest BCUT2D eigenvalue weighted by Crippen LogP contribution is 2.70. The highest BCUT2D eigenvalue weighted by molar-refractivity contribution is 6.13. The molecule has 0 saturated heterocycles. The minimum Gasteiger partial charge on any atom is -0.0654 e. The smallest absolute Gasteiger partial charge is 0.0474 e. The van der Waals surface area contributed by atoms with Crippen LogP contribution < -0.4 is 0 Å². The van der Waals surface area contributed by atoms with E-state index in [-0.39, 0.29) is 21.7 Å². The number of hydrogen-bond donors (Lipinski definition) is 0. The fourth-order valence-electron chi connectivity index (χ4n) is 13.6. The zero-order valence-corrected chi connectivity index (χ0v) is 36.7. The van der Waals surface area contributed by atoms with Crippen molar-refractivity contribution in [1.29, 1.82) is 0 Å². The molecule has 5 aliphatic carbocycles. The molecule has 1 fully saturated rings. The Kier molecular flexibility index (Phi) is 8.93. The van der Waals surface area contributed by atoms with Crippen LogP contribution in [0.25, 0.3) is 33.0 Å². The maximum Gasteiger partial charge on any atom is 0.0474 e. The zero-order valence-electron chi connectivity index (χ0n) is 36.7. The molecule has 4 aromatic rings. The molecule has 2 unspecified atom stereocenters. The van der Waals surface area contributed by atoms with Crippen LogP contribution in [-0.2, 0) is 21.7 Å². The van der Waals surface area contributed by atoms with Gasteiger partial charge in [-0.3, -0.25) is 0 Å². The van der Waals surface area contributed by atoms with E-state index >= 15 is 0 Å². The second-order valence-corrected chi connectivity index (χ2v) is 20.7. The summed E-state index contributed by atoms with van der Waals surface area (Å²) in [5, 5.41) is 2.95. The largest absolute Gasteiger partial charge is 0.0654 e. The molecule has 4 aromatic carbocycles. The van der Waals surface area contributed by atoms with Crippen LogP contribution in [0, 0.1) is 23.7 Å². The van der Waals surface area contributed by atoms with E-state index in [0.29, 0.717) is 23.7 Å². The predicted molar refractivity (Wildman–Crippen MR) is 243 cm³/mol. The molecule has 2 atom stereocenters. The third-order valence-corrected chi connectivity index (χ3v) is 16.1. The molecule has 0 heteroatoms. The van der Waals surface area contributed by atoms with Crippen LogP contribution in [0.3, 0.4) is 0 Å². The van der Waals surface area contributed by atoms with Crippen molar-refractivity contribution in [3.8, 4) is 11.1 Å². The van der Waals surface area contributed by atoms with Crippen LogP contribution in [0.5, 0.6) is 0 Å². The predicted octanol–water partition coefficient (Wildman–Crippen LogP) is 15.8. The van der Waals surface area contributed by atoms with Crippen LogP contribution in [0.4, 0.5) is 0 Å². The van der Waals surface area contributed by atoms with Gasteiger partial charge in [0.1, 0.15) is 0 Å². The van der Waals surface area contributed by atoms with Gasteiger partial charge in [0.15, 0.2) is 0 Å². The molecule has 0 heterocycles. The summed E-state index contributed by atoms with van der Waals surface area (Å²) in [7, 11) is 0. The molecule has 5 aliphatic rings. The summed E-state index contributed by atoms with van der Waals surface area (Å²) in [6, 6.07) is 27.0.